The monoisotopic (exact) mass is 1150 g/mol. The number of hydrogen-bond acceptors (Lipinski definition) is 10. The Morgan fingerprint density at radius 2 is 0.643 bits per heavy atom. The Morgan fingerprint density at radius 1 is 0.310 bits per heavy atom. The predicted molar refractivity (Wildman–Crippen MR) is 362 cm³/mol. The molecule has 0 fully saturated rings. The van der Waals surface area contributed by atoms with Crippen LogP contribution in [0.3, 0.4) is 0 Å². The van der Waals surface area contributed by atoms with E-state index >= 15 is 0 Å². The lowest BCUT2D eigenvalue weighted by atomic mass is 10.1. The van der Waals surface area contributed by atoms with E-state index in [1.165, 1.54) is 54.6 Å². The molecule has 0 aliphatic carbocycles. The zero-order chi connectivity index (χ0) is 61.2. The van der Waals surface area contributed by atoms with Gasteiger partial charge in [0, 0.05) is 76.5 Å². The van der Waals surface area contributed by atoms with Gasteiger partial charge in [-0.3, -0.25) is 0 Å². The summed E-state index contributed by atoms with van der Waals surface area (Å²) in [6.07, 6.45) is 0. The van der Waals surface area contributed by atoms with Crippen molar-refractivity contribution in [1.82, 2.24) is 0 Å². The van der Waals surface area contributed by atoms with Gasteiger partial charge in [-0.25, -0.2) is 0 Å². The van der Waals surface area contributed by atoms with Gasteiger partial charge in [-0.15, -0.1) is 0 Å². The van der Waals surface area contributed by atoms with Crippen LogP contribution >= 0.6 is 0 Å². The summed E-state index contributed by atoms with van der Waals surface area (Å²) in [6.45, 7) is 27.1. The fraction of sp³-hybridized carbons (Fsp3) is 0.250. The van der Waals surface area contributed by atoms with Crippen molar-refractivity contribution in [3.05, 3.63) is 203 Å². The average molecular weight is 1150 g/mol. The molecular weight excluding hydrogens is 1070 g/mol. The molecule has 9 aromatic rings. The summed E-state index contributed by atoms with van der Waals surface area (Å²) < 4.78 is 39.2. The Labute approximate surface area is 504 Å². The van der Waals surface area contributed by atoms with Gasteiger partial charge in [-0.05, 0) is 196 Å². The van der Waals surface area contributed by atoms with Crippen molar-refractivity contribution in [3.8, 4) is 23.0 Å². The van der Waals surface area contributed by atoms with E-state index in [9.17, 15) is 0 Å². The molecule has 4 aliphatic heterocycles. The van der Waals surface area contributed by atoms with Gasteiger partial charge in [-0.1, -0.05) is 73.9 Å². The van der Waals surface area contributed by atoms with Crippen LogP contribution in [-0.2, 0) is 0 Å². The van der Waals surface area contributed by atoms with Crippen molar-refractivity contribution >= 4 is 106 Å². The van der Waals surface area contributed by atoms with Gasteiger partial charge in [-0.2, -0.15) is 0 Å². The second kappa shape index (κ2) is 20.6. The van der Waals surface area contributed by atoms with Crippen LogP contribution in [-0.4, -0.2) is 56.8 Å². The van der Waals surface area contributed by atoms with Gasteiger partial charge in [0.25, 0.3) is 0 Å². The van der Waals surface area contributed by atoms with Crippen LogP contribution < -0.4 is 59.0 Å². The normalized spacial score (nSPS) is 15.3. The first-order valence-corrected chi connectivity index (χ1v) is 36.4. The molecule has 0 bridgehead atoms. The van der Waals surface area contributed by atoms with Gasteiger partial charge < -0.3 is 48.7 Å². The highest BCUT2D eigenvalue weighted by molar-refractivity contribution is 6.89. The average Bonchev–Trinajstić information content (AvgIpc) is 1.79. The summed E-state index contributed by atoms with van der Waals surface area (Å²) >= 11 is 0. The van der Waals surface area contributed by atoms with E-state index in [-0.39, 0.29) is 6.67 Å². The number of ether oxygens (including phenoxy) is 2. The lowest BCUT2D eigenvalue weighted by molar-refractivity contribution is 0.483. The summed E-state index contributed by atoms with van der Waals surface area (Å²) in [5.74, 6) is 3.08. The van der Waals surface area contributed by atoms with Crippen molar-refractivity contribution < 1.29 is 13.6 Å². The van der Waals surface area contributed by atoms with E-state index in [1.54, 1.807) is 0 Å². The topological polar surface area (TPSA) is 44.4 Å². The summed E-state index contributed by atoms with van der Waals surface area (Å²) in [7, 11) is -1.45. The quantitative estimate of drug-likeness (QED) is 0.111. The summed E-state index contributed by atoms with van der Waals surface area (Å²) in [5.41, 5.74) is 22.3. The van der Waals surface area contributed by atoms with Crippen molar-refractivity contribution in [2.75, 3.05) is 79.9 Å². The van der Waals surface area contributed by atoms with E-state index in [0.29, 0.717) is 13.3 Å². The number of aryl methyl sites for hydroxylation is 6. The number of benzene rings is 9. The van der Waals surface area contributed by atoms with Gasteiger partial charge in [0.15, 0.2) is 0 Å². The van der Waals surface area contributed by atoms with Gasteiger partial charge in [0.2, 0.25) is 0 Å². The Hall–Kier alpha value is -8.59. The minimum Gasteiger partial charge on any atom is -0.457 e. The lowest BCUT2D eigenvalue weighted by Gasteiger charge is -2.25. The van der Waals surface area contributed by atoms with Crippen LogP contribution in [0, 0.1) is 41.5 Å². The maximum absolute atomic E-state index is 8.45. The van der Waals surface area contributed by atoms with Gasteiger partial charge in [0.1, 0.15) is 36.3 Å². The largest absolute Gasteiger partial charge is 0.457 e. The second-order valence-corrected chi connectivity index (χ2v) is 35.8. The van der Waals surface area contributed by atoms with Crippen LogP contribution in [0.25, 0.3) is 0 Å². The summed E-state index contributed by atoms with van der Waals surface area (Å²) in [6, 6.07) is 61.3. The van der Waals surface area contributed by atoms with E-state index in [1.807, 2.05) is 19.1 Å². The number of para-hydroxylation sites is 2. The number of hydrogen-bond donors (Lipinski definition) is 0. The van der Waals surface area contributed by atoms with Crippen LogP contribution in [0.1, 0.15) is 37.5 Å². The van der Waals surface area contributed by atoms with E-state index in [4.69, 9.17) is 13.6 Å². The molecule has 0 unspecified atom stereocenters. The first-order chi connectivity index (χ1) is 41.3. The van der Waals surface area contributed by atoms with E-state index < -0.39 is 23.1 Å². The zero-order valence-corrected chi connectivity index (χ0v) is 52.9. The maximum Gasteiger partial charge on any atom is 0.129 e. The van der Waals surface area contributed by atoms with Crippen LogP contribution in [0.5, 0.6) is 23.0 Å². The molecule has 10 nitrogen and oxygen atoms in total. The molecule has 0 radical (unpaired) electrons. The third-order valence-electron chi connectivity index (χ3n) is 17.6. The number of anilines is 14. The van der Waals surface area contributed by atoms with Gasteiger partial charge in [0.05, 0.1) is 75.0 Å². The van der Waals surface area contributed by atoms with Gasteiger partial charge >= 0.3 is 0 Å². The zero-order valence-electron chi connectivity index (χ0n) is 53.9. The second-order valence-electron chi connectivity index (χ2n) is 25.7. The summed E-state index contributed by atoms with van der Waals surface area (Å²) in [5, 5.41) is 2.58. The smallest absolute Gasteiger partial charge is 0.129 e. The van der Waals surface area contributed by atoms with E-state index in [2.05, 4.69) is 273 Å². The van der Waals surface area contributed by atoms with Crippen LogP contribution in [0.15, 0.2) is 170 Å². The molecule has 426 valence electrons. The number of rotatable bonds is 12. The minimum absolute atomic E-state index is 0.215. The third-order valence-corrected chi connectivity index (χ3v) is 21.7. The molecule has 0 spiro atoms. The van der Waals surface area contributed by atoms with Crippen molar-refractivity contribution in [1.29, 1.82) is 0 Å². The summed E-state index contributed by atoms with van der Waals surface area (Å²) in [4.78, 5) is 18.0. The lowest BCUT2D eigenvalue weighted by Crippen LogP contribution is -2.38. The Morgan fingerprint density at radius 3 is 1.06 bits per heavy atom. The molecular formula is C72H78N8O2Si2. The number of fused-ring (bicyclic) bond motifs is 4. The highest BCUT2D eigenvalue weighted by atomic mass is 28.3. The maximum atomic E-state index is 8.45. The fourth-order valence-electron chi connectivity index (χ4n) is 12.2. The molecule has 4 aliphatic rings. The molecule has 4 heterocycles. The predicted octanol–water partition coefficient (Wildman–Crippen LogP) is 17.8. The molecule has 0 saturated heterocycles. The SMILES string of the molecule is [2H]C([2H])([2H])N1CN(c2cc(Oc3cccc(N4CN(c5ccc(N6CN(c7cccc(Oc8cc(N9CN(C)c%10cc(C)c(C)cc%109)cc([Si](C)(C)C)c8)c7)c7cc(C)c(C)cc76)cc5)c5ccccc54)c3)cc([Si](C)(C)C)c2)c2cc(C)c(C)cc21. The van der Waals surface area contributed by atoms with Crippen LogP contribution in [0.4, 0.5) is 79.6 Å². The fourth-order valence-corrected chi connectivity index (χ4v) is 14.5. The third kappa shape index (κ3) is 9.98. The van der Waals surface area contributed by atoms with Crippen molar-refractivity contribution in [3.63, 3.8) is 0 Å². The highest BCUT2D eigenvalue weighted by Gasteiger charge is 2.34. The molecule has 0 atom stereocenters. The molecule has 0 aromatic heterocycles. The molecule has 13 rings (SSSR count). The van der Waals surface area contributed by atoms with Crippen molar-refractivity contribution in [2.45, 2.75) is 80.8 Å². The number of nitrogens with zero attached hydrogens (tertiary/aromatic N) is 8. The Balaban J connectivity index is 0.753. The molecule has 12 heteroatoms. The Kier molecular flexibility index (Phi) is 12.5. The highest BCUT2D eigenvalue weighted by Crippen LogP contribution is 2.50. The van der Waals surface area contributed by atoms with Crippen LogP contribution in [0.2, 0.25) is 39.3 Å². The molecule has 0 saturated carbocycles. The Bertz CT molecular complexity index is 4200. The first-order valence-electron chi connectivity index (χ1n) is 30.9. The molecule has 0 N–H and O–H groups in total. The minimum atomic E-state index is -2.30. The molecule has 9 aromatic carbocycles. The molecule has 84 heavy (non-hydrogen) atoms. The molecule has 0 amide bonds. The van der Waals surface area contributed by atoms with E-state index in [0.717, 1.165) is 103 Å². The first kappa shape index (κ1) is 51.1. The standard InChI is InChI=1S/C72H78N8O2Si2/c1-47-29-67-69(31-49(47)3)75(43-73(67)7)57-37-61(41-63(39-57)83(9,10)11)81-59-21-17-19-55(35-59)79-45-77(65-23-15-16-24-66(65)79)53-25-27-54(28-26-53)78-46-80(72-34-52(6)51(5)33-71(72)78)56-20-18-22-60(36-56)82-62-38-58(40-64(42-62)84(12,13)14)76-44-74(8)68-30-48(2)50(4)32-70(68)76/h15-42H,43-46H2,1-14H3/i7D3. The van der Waals surface area contributed by atoms with Crippen molar-refractivity contribution in [2.24, 2.45) is 0 Å².